The highest BCUT2D eigenvalue weighted by Crippen LogP contribution is 2.46. The van der Waals surface area contributed by atoms with Crippen LogP contribution in [0, 0.1) is 11.8 Å². The number of hydrogen-bond acceptors (Lipinski definition) is 4. The third-order valence-corrected chi connectivity index (χ3v) is 6.05. The number of nitrogens with zero attached hydrogens (tertiary/aromatic N) is 1. The fourth-order valence-electron chi connectivity index (χ4n) is 4.47. The number of fused-ring (bicyclic) bond motifs is 3. The number of hydrogen-bond donors (Lipinski definition) is 3. The maximum atomic E-state index is 12.4. The molecule has 2 aliphatic rings. The van der Waals surface area contributed by atoms with E-state index in [0.29, 0.717) is 5.13 Å². The predicted molar refractivity (Wildman–Crippen MR) is 94.7 cm³/mol. The number of thiazole rings is 1. The van der Waals surface area contributed by atoms with Gasteiger partial charge in [-0.1, -0.05) is 24.2 Å². The molecule has 0 aliphatic heterocycles. The van der Waals surface area contributed by atoms with Crippen LogP contribution >= 0.6 is 11.3 Å². The molecule has 1 aromatic carbocycles. The van der Waals surface area contributed by atoms with Crippen LogP contribution in [0.2, 0.25) is 0 Å². The molecule has 1 aromatic heterocycles. The molecular formula is C17H22N4OS. The number of nitrogens with two attached hydrogens (primary N) is 1. The highest BCUT2D eigenvalue weighted by Gasteiger charge is 2.41. The summed E-state index contributed by atoms with van der Waals surface area (Å²) in [7, 11) is 0. The van der Waals surface area contributed by atoms with Crippen molar-refractivity contribution in [1.29, 1.82) is 0 Å². The van der Waals surface area contributed by atoms with E-state index in [0.717, 1.165) is 40.6 Å². The monoisotopic (exact) mass is 330 g/mol. The molecule has 6 heteroatoms. The van der Waals surface area contributed by atoms with Gasteiger partial charge in [-0.15, -0.1) is 0 Å². The smallest absolute Gasteiger partial charge is 0.319 e. The van der Waals surface area contributed by atoms with Crippen LogP contribution in [0.25, 0.3) is 10.2 Å². The highest BCUT2D eigenvalue weighted by molar-refractivity contribution is 7.22. The first-order chi connectivity index (χ1) is 11.0. The summed E-state index contributed by atoms with van der Waals surface area (Å²) in [6, 6.07) is 5.56. The van der Waals surface area contributed by atoms with Crippen molar-refractivity contribution in [3.05, 3.63) is 18.2 Å². The van der Waals surface area contributed by atoms with E-state index in [4.69, 9.17) is 5.73 Å². The molecule has 122 valence electrons. The topological polar surface area (TPSA) is 80.0 Å². The summed E-state index contributed by atoms with van der Waals surface area (Å²) in [5, 5.41) is 6.71. The average molecular weight is 330 g/mol. The Balaban J connectivity index is 1.44. The zero-order valence-electron chi connectivity index (χ0n) is 13.3. The summed E-state index contributed by atoms with van der Waals surface area (Å²) >= 11 is 1.43. The number of anilines is 2. The first-order valence-corrected chi connectivity index (χ1v) is 9.06. The number of urea groups is 1. The van der Waals surface area contributed by atoms with E-state index in [-0.39, 0.29) is 11.6 Å². The lowest BCUT2D eigenvalue weighted by Crippen LogP contribution is -2.51. The Labute approximate surface area is 139 Å². The highest BCUT2D eigenvalue weighted by atomic mass is 32.1. The SMILES string of the molecule is CC1(NC(=O)Nc2ccc3nc(N)sc3c2)C[C@@H]2CC[C@@H](C2)C1. The zero-order valence-corrected chi connectivity index (χ0v) is 14.1. The molecule has 1 unspecified atom stereocenters. The average Bonchev–Trinajstić information content (AvgIpc) is 2.99. The quantitative estimate of drug-likeness (QED) is 0.779. The minimum atomic E-state index is -0.120. The summed E-state index contributed by atoms with van der Waals surface area (Å²) in [4.78, 5) is 16.6. The molecule has 0 saturated heterocycles. The fraction of sp³-hybridized carbons (Fsp3) is 0.529. The van der Waals surface area contributed by atoms with Gasteiger partial charge in [-0.2, -0.15) is 0 Å². The van der Waals surface area contributed by atoms with Crippen LogP contribution in [0.1, 0.15) is 39.0 Å². The van der Waals surface area contributed by atoms with Gasteiger partial charge in [0.25, 0.3) is 0 Å². The maximum Gasteiger partial charge on any atom is 0.319 e. The molecule has 3 atom stereocenters. The minimum Gasteiger partial charge on any atom is -0.375 e. The second kappa shape index (κ2) is 5.37. The molecule has 0 radical (unpaired) electrons. The Kier molecular flexibility index (Phi) is 3.44. The van der Waals surface area contributed by atoms with Crippen molar-refractivity contribution in [3.8, 4) is 0 Å². The lowest BCUT2D eigenvalue weighted by atomic mass is 9.76. The Morgan fingerprint density at radius 2 is 2.09 bits per heavy atom. The summed E-state index contributed by atoms with van der Waals surface area (Å²) in [6.07, 6.45) is 6.20. The van der Waals surface area contributed by atoms with Gasteiger partial charge >= 0.3 is 6.03 Å². The van der Waals surface area contributed by atoms with Crippen molar-refractivity contribution in [2.75, 3.05) is 11.1 Å². The van der Waals surface area contributed by atoms with Gasteiger partial charge in [0, 0.05) is 11.2 Å². The summed E-state index contributed by atoms with van der Waals surface area (Å²) in [6.45, 7) is 2.18. The molecule has 2 fully saturated rings. The lowest BCUT2D eigenvalue weighted by molar-refractivity contribution is 0.188. The largest absolute Gasteiger partial charge is 0.375 e. The van der Waals surface area contributed by atoms with Gasteiger partial charge in [-0.05, 0) is 56.2 Å². The van der Waals surface area contributed by atoms with Crippen LogP contribution in [-0.4, -0.2) is 16.6 Å². The zero-order chi connectivity index (χ0) is 16.0. The Bertz CT molecular complexity index is 744. The van der Waals surface area contributed by atoms with Gasteiger partial charge in [-0.3, -0.25) is 0 Å². The van der Waals surface area contributed by atoms with E-state index in [1.54, 1.807) is 0 Å². The van der Waals surface area contributed by atoms with Crippen molar-refractivity contribution in [2.24, 2.45) is 11.8 Å². The minimum absolute atomic E-state index is 0.0762. The van der Waals surface area contributed by atoms with Crippen LogP contribution in [0.3, 0.4) is 0 Å². The molecule has 23 heavy (non-hydrogen) atoms. The molecular weight excluding hydrogens is 308 g/mol. The Hall–Kier alpha value is -1.82. The van der Waals surface area contributed by atoms with Gasteiger partial charge in [0.1, 0.15) is 0 Å². The van der Waals surface area contributed by atoms with Crippen LogP contribution in [0.5, 0.6) is 0 Å². The number of nitrogen functional groups attached to an aromatic ring is 1. The predicted octanol–water partition coefficient (Wildman–Crippen LogP) is 3.97. The number of aromatic nitrogens is 1. The number of carbonyl (C=O) groups is 1. The molecule has 0 spiro atoms. The number of nitrogens with one attached hydrogen (secondary N) is 2. The third kappa shape index (κ3) is 3.00. The van der Waals surface area contributed by atoms with Crippen molar-refractivity contribution in [3.63, 3.8) is 0 Å². The van der Waals surface area contributed by atoms with Gasteiger partial charge in [0.2, 0.25) is 0 Å². The number of rotatable bonds is 2. The number of benzene rings is 1. The number of carbonyl (C=O) groups excluding carboxylic acids is 1. The summed E-state index contributed by atoms with van der Waals surface area (Å²) in [5.41, 5.74) is 7.29. The molecule has 2 saturated carbocycles. The van der Waals surface area contributed by atoms with Gasteiger partial charge in [0.15, 0.2) is 5.13 Å². The van der Waals surface area contributed by atoms with Crippen molar-refractivity contribution in [2.45, 2.75) is 44.6 Å². The van der Waals surface area contributed by atoms with Crippen molar-refractivity contribution >= 4 is 38.4 Å². The van der Waals surface area contributed by atoms with E-state index >= 15 is 0 Å². The first-order valence-electron chi connectivity index (χ1n) is 8.24. The fourth-order valence-corrected chi connectivity index (χ4v) is 5.24. The van der Waals surface area contributed by atoms with Crippen LogP contribution in [-0.2, 0) is 0 Å². The van der Waals surface area contributed by atoms with Crippen LogP contribution in [0.15, 0.2) is 18.2 Å². The second-order valence-corrected chi connectivity index (χ2v) is 8.39. The first kappa shape index (κ1) is 14.8. The summed E-state index contributed by atoms with van der Waals surface area (Å²) in [5.74, 6) is 1.58. The van der Waals surface area contributed by atoms with Gasteiger partial charge in [-0.25, -0.2) is 9.78 Å². The van der Waals surface area contributed by atoms with Gasteiger partial charge in [0.05, 0.1) is 10.2 Å². The molecule has 2 amide bonds. The molecule has 4 rings (SSSR count). The molecule has 5 nitrogen and oxygen atoms in total. The van der Waals surface area contributed by atoms with E-state index < -0.39 is 0 Å². The van der Waals surface area contributed by atoms with Crippen LogP contribution in [0.4, 0.5) is 15.6 Å². The van der Waals surface area contributed by atoms with E-state index in [1.165, 1.54) is 30.6 Å². The van der Waals surface area contributed by atoms with E-state index in [9.17, 15) is 4.79 Å². The van der Waals surface area contributed by atoms with E-state index in [2.05, 4.69) is 22.5 Å². The molecule has 1 heterocycles. The number of amides is 2. The molecule has 2 bridgehead atoms. The van der Waals surface area contributed by atoms with E-state index in [1.807, 2.05) is 18.2 Å². The van der Waals surface area contributed by atoms with Crippen molar-refractivity contribution < 1.29 is 4.79 Å². The Morgan fingerprint density at radius 1 is 1.35 bits per heavy atom. The standard InChI is InChI=1S/C17H22N4OS/c1-17(8-10-2-3-11(6-10)9-17)21-16(22)19-12-4-5-13-14(7-12)23-15(18)20-13/h4-5,7,10-11H,2-3,6,8-9H2,1H3,(H2,18,20)(H2,19,21,22)/t10-,11+,17?. The Morgan fingerprint density at radius 3 is 2.83 bits per heavy atom. The van der Waals surface area contributed by atoms with Gasteiger partial charge < -0.3 is 16.4 Å². The molecule has 4 N–H and O–H groups in total. The lowest BCUT2D eigenvalue weighted by Gasteiger charge is -2.38. The normalized spacial score (nSPS) is 29.6. The maximum absolute atomic E-state index is 12.4. The molecule has 2 aliphatic carbocycles. The summed E-state index contributed by atoms with van der Waals surface area (Å²) < 4.78 is 0.988. The van der Waals surface area contributed by atoms with Crippen LogP contribution < -0.4 is 16.4 Å². The second-order valence-electron chi connectivity index (χ2n) is 7.33. The third-order valence-electron chi connectivity index (χ3n) is 5.21. The molecule has 2 aromatic rings. The van der Waals surface area contributed by atoms with Crippen molar-refractivity contribution in [1.82, 2.24) is 10.3 Å².